The fourth-order valence-corrected chi connectivity index (χ4v) is 3.43. The predicted octanol–water partition coefficient (Wildman–Crippen LogP) is 3.27. The number of anilines is 2. The molecule has 1 unspecified atom stereocenters. The van der Waals surface area contributed by atoms with Crippen molar-refractivity contribution in [1.82, 2.24) is 14.9 Å². The van der Waals surface area contributed by atoms with Crippen LogP contribution in [-0.4, -0.2) is 34.0 Å². The lowest BCUT2D eigenvalue weighted by Gasteiger charge is -2.34. The van der Waals surface area contributed by atoms with Crippen LogP contribution in [0, 0.1) is 6.92 Å². The van der Waals surface area contributed by atoms with Crippen molar-refractivity contribution in [3.05, 3.63) is 47.3 Å². The maximum atomic E-state index is 5.65. The minimum absolute atomic E-state index is 0.254. The zero-order valence-corrected chi connectivity index (χ0v) is 16.0. The smallest absolute Gasteiger partial charge is 0.148 e. The Morgan fingerprint density at radius 1 is 1.19 bits per heavy atom. The molecule has 3 rings (SSSR count). The molecule has 0 amide bonds. The van der Waals surface area contributed by atoms with E-state index in [0.29, 0.717) is 11.9 Å². The Balaban J connectivity index is 1.71. The molecule has 4 N–H and O–H groups in total. The second-order valence-electron chi connectivity index (χ2n) is 7.41. The van der Waals surface area contributed by atoms with E-state index in [0.717, 1.165) is 43.3 Å². The molecular weight excluding hydrogens is 324 g/mol. The van der Waals surface area contributed by atoms with E-state index in [1.165, 1.54) is 12.0 Å². The van der Waals surface area contributed by atoms with E-state index in [2.05, 4.69) is 64.8 Å². The Morgan fingerprint density at radius 3 is 2.62 bits per heavy atom. The van der Waals surface area contributed by atoms with Gasteiger partial charge in [0, 0.05) is 30.6 Å². The molecule has 2 heterocycles. The predicted molar refractivity (Wildman–Crippen MR) is 107 cm³/mol. The summed E-state index contributed by atoms with van der Waals surface area (Å²) in [6.45, 7) is 9.35. The van der Waals surface area contributed by atoms with E-state index in [-0.39, 0.29) is 5.92 Å². The molecule has 0 aliphatic carbocycles. The first-order chi connectivity index (χ1) is 12.6. The largest absolute Gasteiger partial charge is 0.366 e. The van der Waals surface area contributed by atoms with E-state index < -0.39 is 0 Å². The van der Waals surface area contributed by atoms with Crippen LogP contribution in [0.2, 0.25) is 0 Å². The minimum Gasteiger partial charge on any atom is -0.366 e. The molecule has 0 radical (unpaired) electrons. The Bertz CT molecular complexity index is 716. The Kier molecular flexibility index (Phi) is 6.06. The fourth-order valence-electron chi connectivity index (χ4n) is 3.43. The normalized spacial score (nSPS) is 18.1. The van der Waals surface area contributed by atoms with Crippen LogP contribution in [-0.2, 0) is 6.54 Å². The average Bonchev–Trinajstić information content (AvgIpc) is 2.64. The molecule has 140 valence electrons. The van der Waals surface area contributed by atoms with E-state index in [1.807, 2.05) is 6.92 Å². The molecular formula is C20H30N6. The number of rotatable bonds is 6. The van der Waals surface area contributed by atoms with Gasteiger partial charge >= 0.3 is 0 Å². The maximum Gasteiger partial charge on any atom is 0.148 e. The van der Waals surface area contributed by atoms with E-state index in [1.54, 1.807) is 0 Å². The SMILES string of the molecule is Cc1c(NN)nc(C(C)C)nc1NC1CCCN(Cc2ccccc2)C1. The van der Waals surface area contributed by atoms with Gasteiger partial charge in [-0.3, -0.25) is 4.90 Å². The highest BCUT2D eigenvalue weighted by Crippen LogP contribution is 2.25. The van der Waals surface area contributed by atoms with Crippen LogP contribution in [0.1, 0.15) is 49.6 Å². The molecule has 1 atom stereocenters. The van der Waals surface area contributed by atoms with Gasteiger partial charge in [0.2, 0.25) is 0 Å². The molecule has 1 saturated heterocycles. The second-order valence-corrected chi connectivity index (χ2v) is 7.41. The van der Waals surface area contributed by atoms with Gasteiger partial charge in [0.1, 0.15) is 17.5 Å². The van der Waals surface area contributed by atoms with Crippen LogP contribution in [0.5, 0.6) is 0 Å². The van der Waals surface area contributed by atoms with Crippen molar-refractivity contribution in [1.29, 1.82) is 0 Å². The van der Waals surface area contributed by atoms with Gasteiger partial charge in [-0.2, -0.15) is 0 Å². The molecule has 1 aliphatic heterocycles. The molecule has 26 heavy (non-hydrogen) atoms. The lowest BCUT2D eigenvalue weighted by atomic mass is 10.0. The monoisotopic (exact) mass is 354 g/mol. The molecule has 0 spiro atoms. The Labute approximate surface area is 156 Å². The van der Waals surface area contributed by atoms with Crippen LogP contribution in [0.25, 0.3) is 0 Å². The van der Waals surface area contributed by atoms with Gasteiger partial charge in [0.05, 0.1) is 0 Å². The first-order valence-corrected chi connectivity index (χ1v) is 9.44. The van der Waals surface area contributed by atoms with Gasteiger partial charge in [-0.15, -0.1) is 0 Å². The summed E-state index contributed by atoms with van der Waals surface area (Å²) in [7, 11) is 0. The molecule has 1 aromatic carbocycles. The number of hydrazine groups is 1. The second kappa shape index (κ2) is 8.47. The van der Waals surface area contributed by atoms with Crippen molar-refractivity contribution >= 4 is 11.6 Å². The number of hydrogen-bond donors (Lipinski definition) is 3. The number of nitrogens with zero attached hydrogens (tertiary/aromatic N) is 3. The molecule has 2 aromatic rings. The van der Waals surface area contributed by atoms with Crippen molar-refractivity contribution in [2.45, 2.75) is 52.1 Å². The van der Waals surface area contributed by atoms with Gasteiger partial charge in [-0.1, -0.05) is 44.2 Å². The number of nitrogen functional groups attached to an aromatic ring is 1. The molecule has 6 heteroatoms. The summed E-state index contributed by atoms with van der Waals surface area (Å²) in [5.74, 6) is 8.30. The third kappa shape index (κ3) is 4.51. The minimum atomic E-state index is 0.254. The summed E-state index contributed by atoms with van der Waals surface area (Å²) in [6, 6.07) is 11.0. The first-order valence-electron chi connectivity index (χ1n) is 9.44. The average molecular weight is 355 g/mol. The van der Waals surface area contributed by atoms with Crippen LogP contribution in [0.15, 0.2) is 30.3 Å². The quantitative estimate of drug-likeness (QED) is 0.546. The van der Waals surface area contributed by atoms with Crippen LogP contribution >= 0.6 is 0 Å². The first kappa shape index (κ1) is 18.6. The third-order valence-electron chi connectivity index (χ3n) is 4.91. The number of benzene rings is 1. The summed E-state index contributed by atoms with van der Waals surface area (Å²) >= 11 is 0. The van der Waals surface area contributed by atoms with Crippen LogP contribution in [0.4, 0.5) is 11.6 Å². The van der Waals surface area contributed by atoms with E-state index >= 15 is 0 Å². The van der Waals surface area contributed by atoms with Gasteiger partial charge in [0.25, 0.3) is 0 Å². The lowest BCUT2D eigenvalue weighted by molar-refractivity contribution is 0.208. The van der Waals surface area contributed by atoms with Crippen molar-refractivity contribution in [2.75, 3.05) is 23.8 Å². The van der Waals surface area contributed by atoms with Crippen molar-refractivity contribution < 1.29 is 0 Å². The van der Waals surface area contributed by atoms with E-state index in [4.69, 9.17) is 10.8 Å². The standard InChI is InChI=1S/C20H30N6/c1-14(2)18-23-19(15(3)20(24-18)25-21)22-17-10-7-11-26(13-17)12-16-8-5-4-6-9-16/h4-6,8-9,14,17H,7,10-13,21H2,1-3H3,(H2,22,23,24,25). The Morgan fingerprint density at radius 2 is 1.92 bits per heavy atom. The summed E-state index contributed by atoms with van der Waals surface area (Å²) < 4.78 is 0. The van der Waals surface area contributed by atoms with Gasteiger partial charge in [-0.05, 0) is 31.9 Å². The van der Waals surface area contributed by atoms with Crippen molar-refractivity contribution in [3.8, 4) is 0 Å². The van der Waals surface area contributed by atoms with Gasteiger partial charge < -0.3 is 10.7 Å². The fraction of sp³-hybridized carbons (Fsp3) is 0.500. The number of piperidine rings is 1. The van der Waals surface area contributed by atoms with Crippen molar-refractivity contribution in [3.63, 3.8) is 0 Å². The molecule has 1 aliphatic rings. The lowest BCUT2D eigenvalue weighted by Crippen LogP contribution is -2.42. The number of nitrogens with one attached hydrogen (secondary N) is 2. The summed E-state index contributed by atoms with van der Waals surface area (Å²) in [4.78, 5) is 11.8. The molecule has 6 nitrogen and oxygen atoms in total. The molecule has 0 bridgehead atoms. The molecule has 1 aromatic heterocycles. The highest BCUT2D eigenvalue weighted by atomic mass is 15.3. The topological polar surface area (TPSA) is 79.1 Å². The van der Waals surface area contributed by atoms with Gasteiger partial charge in [-0.25, -0.2) is 15.8 Å². The zero-order chi connectivity index (χ0) is 18.5. The highest BCUT2D eigenvalue weighted by molar-refractivity contribution is 5.57. The molecule has 0 saturated carbocycles. The van der Waals surface area contributed by atoms with Gasteiger partial charge in [0.15, 0.2) is 0 Å². The third-order valence-corrected chi connectivity index (χ3v) is 4.91. The molecule has 1 fully saturated rings. The number of nitrogens with two attached hydrogens (primary N) is 1. The zero-order valence-electron chi connectivity index (χ0n) is 16.0. The summed E-state index contributed by atoms with van der Waals surface area (Å²) in [5.41, 5.74) is 5.04. The van der Waals surface area contributed by atoms with E-state index in [9.17, 15) is 0 Å². The number of hydrogen-bond acceptors (Lipinski definition) is 6. The highest BCUT2D eigenvalue weighted by Gasteiger charge is 2.22. The summed E-state index contributed by atoms with van der Waals surface area (Å²) in [6.07, 6.45) is 2.34. The maximum absolute atomic E-state index is 5.65. The Hall–Kier alpha value is -2.18. The summed E-state index contributed by atoms with van der Waals surface area (Å²) in [5, 5.41) is 3.65. The number of aromatic nitrogens is 2. The van der Waals surface area contributed by atoms with Crippen molar-refractivity contribution in [2.24, 2.45) is 5.84 Å². The van der Waals surface area contributed by atoms with Crippen LogP contribution < -0.4 is 16.6 Å². The van der Waals surface area contributed by atoms with Crippen LogP contribution in [0.3, 0.4) is 0 Å². The number of likely N-dealkylation sites (tertiary alicyclic amines) is 1.